The van der Waals surface area contributed by atoms with E-state index in [1.54, 1.807) is 30.3 Å². The lowest BCUT2D eigenvalue weighted by atomic mass is 10.0. The third-order valence-electron chi connectivity index (χ3n) is 4.41. The summed E-state index contributed by atoms with van der Waals surface area (Å²) in [6.45, 7) is 0. The number of benzene rings is 2. The molecule has 1 amide bonds. The zero-order valence-electron chi connectivity index (χ0n) is 15.3. The van der Waals surface area contributed by atoms with E-state index in [4.69, 9.17) is 16.2 Å². The fourth-order valence-corrected chi connectivity index (χ4v) is 2.86. The van der Waals surface area contributed by atoms with Gasteiger partial charge in [-0.1, -0.05) is 24.3 Å². The Kier molecular flexibility index (Phi) is 5.10. The Balaban J connectivity index is 1.88. The molecule has 9 heteroatoms. The first kappa shape index (κ1) is 19.1. The van der Waals surface area contributed by atoms with Crippen molar-refractivity contribution in [3.8, 4) is 0 Å². The minimum Gasteiger partial charge on any atom is -0.478 e. The monoisotopic (exact) mass is 381 g/mol. The van der Waals surface area contributed by atoms with Crippen LogP contribution in [0.2, 0.25) is 0 Å². The molecule has 1 atom stereocenters. The molecule has 0 spiro atoms. The number of carboxylic acid groups (broad SMARTS) is 1. The number of nitrogens with zero attached hydrogens (tertiary/aromatic N) is 2. The molecule has 2 aromatic carbocycles. The van der Waals surface area contributed by atoms with E-state index < -0.39 is 18.1 Å². The number of nitrogens with one attached hydrogen (secondary N) is 2. The zero-order valence-corrected chi connectivity index (χ0v) is 15.3. The summed E-state index contributed by atoms with van der Waals surface area (Å²) >= 11 is 0. The number of ether oxygens (including phenoxy) is 1. The lowest BCUT2D eigenvalue weighted by molar-refractivity contribution is 0.0697. The number of carboxylic acids is 1. The number of hydrogen-bond donors (Lipinski definition) is 4. The molecule has 3 rings (SSSR count). The number of amides is 1. The van der Waals surface area contributed by atoms with Crippen molar-refractivity contribution in [2.24, 2.45) is 12.8 Å². The smallest absolute Gasteiger partial charge is 0.412 e. The van der Waals surface area contributed by atoms with Crippen molar-refractivity contribution >= 4 is 28.9 Å². The van der Waals surface area contributed by atoms with Crippen molar-refractivity contribution in [3.05, 3.63) is 65.0 Å². The highest BCUT2D eigenvalue weighted by atomic mass is 16.5. The van der Waals surface area contributed by atoms with Crippen LogP contribution in [0.15, 0.2) is 42.5 Å². The summed E-state index contributed by atoms with van der Waals surface area (Å²) in [5.74, 6) is -0.527. The molecule has 9 nitrogen and oxygen atoms in total. The van der Waals surface area contributed by atoms with Crippen LogP contribution in [-0.4, -0.2) is 39.7 Å². The fourth-order valence-electron chi connectivity index (χ4n) is 2.86. The normalized spacial score (nSPS) is 11.8. The van der Waals surface area contributed by atoms with Crippen molar-refractivity contribution in [3.63, 3.8) is 0 Å². The van der Waals surface area contributed by atoms with Gasteiger partial charge in [0.25, 0.3) is 0 Å². The van der Waals surface area contributed by atoms with Crippen molar-refractivity contribution in [2.45, 2.75) is 6.04 Å². The van der Waals surface area contributed by atoms with Gasteiger partial charge in [-0.25, -0.2) is 14.6 Å². The number of alkyl carbamates (subject to hydrolysis) is 1. The number of fused-ring (bicyclic) bond motifs is 1. The molecule has 0 aliphatic carbocycles. The number of rotatable bonds is 4. The molecule has 0 bridgehead atoms. The summed E-state index contributed by atoms with van der Waals surface area (Å²) in [6.07, 6.45) is -0.716. The molecular formula is C19H19N5O4. The Hall–Kier alpha value is -3.72. The largest absolute Gasteiger partial charge is 0.478 e. The molecule has 1 unspecified atom stereocenters. The molecule has 1 heterocycles. The molecule has 0 fully saturated rings. The number of amidine groups is 1. The first-order valence-electron chi connectivity index (χ1n) is 8.31. The van der Waals surface area contributed by atoms with Crippen molar-refractivity contribution in [1.82, 2.24) is 14.9 Å². The van der Waals surface area contributed by atoms with Gasteiger partial charge in [0.1, 0.15) is 11.7 Å². The van der Waals surface area contributed by atoms with Crippen LogP contribution in [0.3, 0.4) is 0 Å². The minimum absolute atomic E-state index is 0.0871. The second kappa shape index (κ2) is 7.49. The van der Waals surface area contributed by atoms with Gasteiger partial charge < -0.3 is 20.1 Å². The van der Waals surface area contributed by atoms with Gasteiger partial charge in [-0.15, -0.1) is 0 Å². The molecule has 0 aliphatic rings. The van der Waals surface area contributed by atoms with Gasteiger partial charge in [0, 0.05) is 12.6 Å². The Morgan fingerprint density at radius 1 is 1.21 bits per heavy atom. The molecule has 3 aromatic rings. The second-order valence-corrected chi connectivity index (χ2v) is 6.13. The number of aryl methyl sites for hydroxylation is 1. The van der Waals surface area contributed by atoms with E-state index in [0.29, 0.717) is 16.9 Å². The Morgan fingerprint density at radius 3 is 2.46 bits per heavy atom. The summed E-state index contributed by atoms with van der Waals surface area (Å²) < 4.78 is 6.29. The molecule has 28 heavy (non-hydrogen) atoms. The van der Waals surface area contributed by atoms with Crippen LogP contribution in [0.4, 0.5) is 4.79 Å². The van der Waals surface area contributed by atoms with E-state index in [0.717, 1.165) is 11.1 Å². The highest BCUT2D eigenvalue weighted by Gasteiger charge is 2.18. The van der Waals surface area contributed by atoms with E-state index >= 15 is 0 Å². The third-order valence-corrected chi connectivity index (χ3v) is 4.41. The SMILES string of the molecule is COC(=O)NC(=N)c1ccc(C(N)c2nc3cc(C(=O)O)ccc3n2C)cc1. The second-order valence-electron chi connectivity index (χ2n) is 6.13. The Bertz CT molecular complexity index is 1070. The molecule has 1 aromatic heterocycles. The van der Waals surface area contributed by atoms with Crippen LogP contribution in [-0.2, 0) is 11.8 Å². The standard InChI is InChI=1S/C19H19N5O4/c1-24-14-8-7-12(18(25)26)9-13(14)22-17(24)15(20)10-3-5-11(6-4-10)16(21)23-19(27)28-2/h3-9,15H,20H2,1-2H3,(H,25,26)(H2,21,23,27). The molecule has 0 saturated carbocycles. The van der Waals surface area contributed by atoms with E-state index in [1.807, 2.05) is 11.6 Å². The van der Waals surface area contributed by atoms with E-state index in [2.05, 4.69) is 15.0 Å². The van der Waals surface area contributed by atoms with Gasteiger partial charge in [-0.2, -0.15) is 0 Å². The molecule has 144 valence electrons. The lowest BCUT2D eigenvalue weighted by Gasteiger charge is -2.13. The molecule has 0 radical (unpaired) electrons. The van der Waals surface area contributed by atoms with E-state index in [1.165, 1.54) is 19.2 Å². The van der Waals surface area contributed by atoms with Crippen molar-refractivity contribution in [1.29, 1.82) is 5.41 Å². The predicted molar refractivity (Wildman–Crippen MR) is 103 cm³/mol. The molecule has 0 aliphatic heterocycles. The maximum atomic E-state index is 11.2. The predicted octanol–water partition coefficient (Wildman–Crippen LogP) is 2.00. The summed E-state index contributed by atoms with van der Waals surface area (Å²) in [6, 6.07) is 11.0. The van der Waals surface area contributed by atoms with Gasteiger partial charge in [0.15, 0.2) is 0 Å². The highest BCUT2D eigenvalue weighted by molar-refractivity contribution is 6.04. The minimum atomic E-state index is -1.02. The van der Waals surface area contributed by atoms with Crippen molar-refractivity contribution in [2.75, 3.05) is 7.11 Å². The average Bonchev–Trinajstić information content (AvgIpc) is 3.03. The van der Waals surface area contributed by atoms with Crippen LogP contribution >= 0.6 is 0 Å². The summed E-state index contributed by atoms with van der Waals surface area (Å²) in [5, 5.41) is 19.3. The maximum Gasteiger partial charge on any atom is 0.412 e. The fraction of sp³-hybridized carbons (Fsp3) is 0.158. The number of hydrogen-bond acceptors (Lipinski definition) is 6. The summed E-state index contributed by atoms with van der Waals surface area (Å²) in [7, 11) is 3.04. The molecular weight excluding hydrogens is 362 g/mol. The van der Waals surface area contributed by atoms with Crippen LogP contribution in [0.5, 0.6) is 0 Å². The van der Waals surface area contributed by atoms with Crippen molar-refractivity contribution < 1.29 is 19.4 Å². The number of methoxy groups -OCH3 is 1. The van der Waals surface area contributed by atoms with Crippen LogP contribution in [0.1, 0.15) is 33.4 Å². The van der Waals surface area contributed by atoms with Crippen LogP contribution < -0.4 is 11.1 Å². The first-order valence-corrected chi connectivity index (χ1v) is 8.31. The number of carbonyl (C=O) groups is 2. The average molecular weight is 381 g/mol. The number of carbonyl (C=O) groups excluding carboxylic acids is 1. The lowest BCUT2D eigenvalue weighted by Crippen LogP contribution is -2.30. The topological polar surface area (TPSA) is 143 Å². The van der Waals surface area contributed by atoms with Crippen LogP contribution in [0, 0.1) is 5.41 Å². The first-order chi connectivity index (χ1) is 13.3. The van der Waals surface area contributed by atoms with Crippen LogP contribution in [0.25, 0.3) is 11.0 Å². The third kappa shape index (κ3) is 3.55. The Morgan fingerprint density at radius 2 is 1.86 bits per heavy atom. The molecule has 5 N–H and O–H groups in total. The summed E-state index contributed by atoms with van der Waals surface area (Å²) in [4.78, 5) is 26.9. The van der Waals surface area contributed by atoms with E-state index in [-0.39, 0.29) is 11.4 Å². The van der Waals surface area contributed by atoms with Gasteiger partial charge >= 0.3 is 12.1 Å². The van der Waals surface area contributed by atoms with Gasteiger partial charge in [-0.05, 0) is 23.8 Å². The van der Waals surface area contributed by atoms with Gasteiger partial charge in [0.05, 0.1) is 29.7 Å². The summed E-state index contributed by atoms with van der Waals surface area (Å²) in [5.41, 5.74) is 9.10. The highest BCUT2D eigenvalue weighted by Crippen LogP contribution is 2.24. The number of aromatic nitrogens is 2. The van der Waals surface area contributed by atoms with Gasteiger partial charge in [-0.3, -0.25) is 10.7 Å². The maximum absolute atomic E-state index is 11.2. The number of nitrogens with two attached hydrogens (primary N) is 1. The van der Waals surface area contributed by atoms with E-state index in [9.17, 15) is 9.59 Å². The number of imidazole rings is 1. The quantitative estimate of drug-likeness (QED) is 0.402. The zero-order chi connectivity index (χ0) is 20.4. The van der Waals surface area contributed by atoms with Gasteiger partial charge in [0.2, 0.25) is 0 Å². The molecule has 0 saturated heterocycles. The Labute approximate surface area is 160 Å². The number of aromatic carboxylic acids is 1.